The molecule has 1 unspecified atom stereocenters. The van der Waals surface area contributed by atoms with Crippen LogP contribution < -0.4 is 15.4 Å². The van der Waals surface area contributed by atoms with Crippen molar-refractivity contribution in [2.24, 2.45) is 0 Å². The van der Waals surface area contributed by atoms with Crippen LogP contribution >= 0.6 is 22.9 Å². The average Bonchev–Trinajstić information content (AvgIpc) is 3.20. The highest BCUT2D eigenvalue weighted by molar-refractivity contribution is 7.89. The van der Waals surface area contributed by atoms with Gasteiger partial charge in [0, 0.05) is 10.7 Å². The van der Waals surface area contributed by atoms with Crippen LogP contribution in [0.15, 0.2) is 53.4 Å². The molecule has 38 heavy (non-hydrogen) atoms. The molecule has 0 aliphatic rings. The Morgan fingerprint density at radius 1 is 1.03 bits per heavy atom. The molecule has 3 aromatic rings. The third-order valence-corrected chi connectivity index (χ3v) is 8.26. The van der Waals surface area contributed by atoms with Crippen LogP contribution in [-0.2, 0) is 19.6 Å². The quantitative estimate of drug-likeness (QED) is 0.290. The number of carbonyl (C=O) groups excluding carboxylic acids is 3. The van der Waals surface area contributed by atoms with Gasteiger partial charge in [0.2, 0.25) is 15.9 Å². The maximum Gasteiger partial charge on any atom is 0.341 e. The van der Waals surface area contributed by atoms with E-state index in [0.717, 1.165) is 35.6 Å². The number of nitrogens with one attached hydrogen (secondary N) is 3. The predicted molar refractivity (Wildman–Crippen MR) is 144 cm³/mol. The first-order chi connectivity index (χ1) is 18.0. The van der Waals surface area contributed by atoms with Gasteiger partial charge in [-0.1, -0.05) is 18.5 Å². The second kappa shape index (κ2) is 12.5. The van der Waals surface area contributed by atoms with Crippen molar-refractivity contribution in [2.45, 2.75) is 38.1 Å². The van der Waals surface area contributed by atoms with Gasteiger partial charge in [-0.25, -0.2) is 17.6 Å². The normalized spacial score (nSPS) is 12.0. The molecule has 0 saturated heterocycles. The number of ether oxygens (including phenoxy) is 1. The summed E-state index contributed by atoms with van der Waals surface area (Å²) in [6, 6.07) is 9.34. The van der Waals surface area contributed by atoms with Gasteiger partial charge in [-0.05, 0) is 74.4 Å². The summed E-state index contributed by atoms with van der Waals surface area (Å²) in [5.74, 6) is -2.63. The molecular weight excluding hydrogens is 557 g/mol. The van der Waals surface area contributed by atoms with Crippen LogP contribution in [0.25, 0.3) is 0 Å². The number of thiophene rings is 1. The summed E-state index contributed by atoms with van der Waals surface area (Å²) < 4.78 is 46.1. The first kappa shape index (κ1) is 29.2. The number of sulfonamides is 1. The Kier molecular flexibility index (Phi) is 9.60. The third-order valence-electron chi connectivity index (χ3n) is 5.32. The fourth-order valence-corrected chi connectivity index (χ4v) is 5.88. The van der Waals surface area contributed by atoms with Gasteiger partial charge < -0.3 is 15.4 Å². The van der Waals surface area contributed by atoms with E-state index in [-0.39, 0.29) is 38.9 Å². The maximum absolute atomic E-state index is 13.2. The van der Waals surface area contributed by atoms with Crippen molar-refractivity contribution in [3.63, 3.8) is 0 Å². The van der Waals surface area contributed by atoms with E-state index in [1.807, 2.05) is 0 Å². The minimum atomic E-state index is -4.15. The predicted octanol–water partition coefficient (Wildman–Crippen LogP) is 4.97. The highest BCUT2D eigenvalue weighted by Crippen LogP contribution is 2.34. The van der Waals surface area contributed by atoms with Crippen LogP contribution in [0.3, 0.4) is 0 Å². The summed E-state index contributed by atoms with van der Waals surface area (Å²) in [5.41, 5.74) is 0.745. The molecular formula is C25H25ClFN3O6S2. The van der Waals surface area contributed by atoms with Crippen LogP contribution in [0.2, 0.25) is 5.02 Å². The van der Waals surface area contributed by atoms with Gasteiger partial charge in [0.05, 0.1) is 21.9 Å². The van der Waals surface area contributed by atoms with Crippen LogP contribution in [0.5, 0.6) is 0 Å². The zero-order chi connectivity index (χ0) is 28.0. The standard InChI is InChI=1S/C25H25ClFN3O6S2/c1-4-19(30-38(34,35)18-12-8-16(27)9-13-18)22(31)29-24-20(25(33)36-5-2)14(3)21(37-24)23(32)28-17-10-6-15(26)7-11-17/h6-13,19,30H,4-5H2,1-3H3,(H,28,32)(H,29,31). The summed E-state index contributed by atoms with van der Waals surface area (Å²) in [4.78, 5) is 38.7. The number of anilines is 2. The molecule has 0 spiro atoms. The van der Waals surface area contributed by atoms with Gasteiger partial charge in [-0.3, -0.25) is 9.59 Å². The highest BCUT2D eigenvalue weighted by Gasteiger charge is 2.30. The van der Waals surface area contributed by atoms with Crippen LogP contribution in [-0.4, -0.2) is 38.9 Å². The Labute approximate surface area is 228 Å². The number of carbonyl (C=O) groups is 3. The number of benzene rings is 2. The van der Waals surface area contributed by atoms with E-state index in [2.05, 4.69) is 15.4 Å². The van der Waals surface area contributed by atoms with Gasteiger partial charge in [0.15, 0.2) is 0 Å². The molecule has 1 heterocycles. The average molecular weight is 582 g/mol. The molecule has 3 rings (SSSR count). The van der Waals surface area contributed by atoms with E-state index in [0.29, 0.717) is 10.7 Å². The molecule has 0 bridgehead atoms. The van der Waals surface area contributed by atoms with Crippen molar-refractivity contribution in [3.8, 4) is 0 Å². The zero-order valence-corrected chi connectivity index (χ0v) is 23.0. The fourth-order valence-electron chi connectivity index (χ4n) is 3.38. The second-order valence-corrected chi connectivity index (χ2v) is 11.1. The van der Waals surface area contributed by atoms with Crippen molar-refractivity contribution in [1.82, 2.24) is 4.72 Å². The molecule has 0 aliphatic heterocycles. The number of hydrogen-bond donors (Lipinski definition) is 3. The molecule has 2 aromatic carbocycles. The summed E-state index contributed by atoms with van der Waals surface area (Å²) in [7, 11) is -4.15. The summed E-state index contributed by atoms with van der Waals surface area (Å²) >= 11 is 6.74. The lowest BCUT2D eigenvalue weighted by atomic mass is 10.1. The second-order valence-electron chi connectivity index (χ2n) is 7.97. The van der Waals surface area contributed by atoms with Crippen molar-refractivity contribution >= 4 is 61.4 Å². The Bertz CT molecular complexity index is 1440. The minimum absolute atomic E-state index is 0.0114. The monoisotopic (exact) mass is 581 g/mol. The van der Waals surface area contributed by atoms with Crippen molar-refractivity contribution in [1.29, 1.82) is 0 Å². The Balaban J connectivity index is 1.88. The van der Waals surface area contributed by atoms with E-state index in [9.17, 15) is 27.2 Å². The van der Waals surface area contributed by atoms with E-state index in [1.54, 1.807) is 45.0 Å². The maximum atomic E-state index is 13.2. The molecule has 9 nitrogen and oxygen atoms in total. The summed E-state index contributed by atoms with van der Waals surface area (Å²) in [6.45, 7) is 4.81. The van der Waals surface area contributed by atoms with E-state index < -0.39 is 39.7 Å². The first-order valence-corrected chi connectivity index (χ1v) is 14.1. The zero-order valence-electron chi connectivity index (χ0n) is 20.6. The highest BCUT2D eigenvalue weighted by atomic mass is 35.5. The topological polar surface area (TPSA) is 131 Å². The minimum Gasteiger partial charge on any atom is -0.462 e. The van der Waals surface area contributed by atoms with Gasteiger partial charge in [-0.2, -0.15) is 4.72 Å². The number of amides is 2. The molecule has 2 amide bonds. The fraction of sp³-hybridized carbons (Fsp3) is 0.240. The van der Waals surface area contributed by atoms with Crippen LogP contribution in [0.4, 0.5) is 15.1 Å². The van der Waals surface area contributed by atoms with E-state index in [1.165, 1.54) is 0 Å². The largest absolute Gasteiger partial charge is 0.462 e. The van der Waals surface area contributed by atoms with E-state index in [4.69, 9.17) is 16.3 Å². The number of halogens is 2. The van der Waals surface area contributed by atoms with Crippen LogP contribution in [0.1, 0.15) is 45.9 Å². The molecule has 13 heteroatoms. The van der Waals surface area contributed by atoms with Crippen molar-refractivity contribution in [2.75, 3.05) is 17.2 Å². The summed E-state index contributed by atoms with van der Waals surface area (Å²) in [6.07, 6.45) is 0.0647. The van der Waals surface area contributed by atoms with E-state index >= 15 is 0 Å². The molecule has 3 N–H and O–H groups in total. The number of rotatable bonds is 10. The molecule has 0 aliphatic carbocycles. The first-order valence-electron chi connectivity index (χ1n) is 11.4. The molecule has 0 saturated carbocycles. The van der Waals surface area contributed by atoms with Crippen molar-refractivity contribution in [3.05, 3.63) is 75.4 Å². The lowest BCUT2D eigenvalue weighted by Crippen LogP contribution is -2.43. The van der Waals surface area contributed by atoms with Crippen molar-refractivity contribution < 1.29 is 31.9 Å². The molecule has 202 valence electrons. The lowest BCUT2D eigenvalue weighted by molar-refractivity contribution is -0.117. The lowest BCUT2D eigenvalue weighted by Gasteiger charge is -2.17. The smallest absolute Gasteiger partial charge is 0.341 e. The number of hydrogen-bond acceptors (Lipinski definition) is 7. The third kappa shape index (κ3) is 6.95. The molecule has 1 atom stereocenters. The van der Waals surface area contributed by atoms with Gasteiger partial charge in [-0.15, -0.1) is 11.3 Å². The Morgan fingerprint density at radius 2 is 1.66 bits per heavy atom. The van der Waals surface area contributed by atoms with Gasteiger partial charge >= 0.3 is 5.97 Å². The van der Waals surface area contributed by atoms with Gasteiger partial charge in [0.25, 0.3) is 5.91 Å². The molecule has 0 fully saturated rings. The number of esters is 1. The molecule has 1 aromatic heterocycles. The van der Waals surface area contributed by atoms with Gasteiger partial charge in [0.1, 0.15) is 16.9 Å². The SMILES string of the molecule is CCOC(=O)c1c(NC(=O)C(CC)NS(=O)(=O)c2ccc(F)cc2)sc(C(=O)Nc2ccc(Cl)cc2)c1C. The summed E-state index contributed by atoms with van der Waals surface area (Å²) in [5, 5.41) is 5.80. The van der Waals surface area contributed by atoms with Crippen LogP contribution in [0, 0.1) is 12.7 Å². The Hall–Kier alpha value is -3.32. The Morgan fingerprint density at radius 3 is 2.24 bits per heavy atom. The molecule has 0 radical (unpaired) electrons.